The number of rotatable bonds is 7. The van der Waals surface area contributed by atoms with Crippen LogP contribution in [0.5, 0.6) is 0 Å². The second-order valence-electron chi connectivity index (χ2n) is 6.25. The lowest BCUT2D eigenvalue weighted by molar-refractivity contribution is -0.147. The second kappa shape index (κ2) is 9.20. The smallest absolute Gasteiger partial charge is 0.308 e. The Morgan fingerprint density at radius 2 is 2.04 bits per heavy atom. The number of amides is 2. The Morgan fingerprint density at radius 1 is 1.28 bits per heavy atom. The minimum atomic E-state index is -0.820. The molecule has 1 aliphatic heterocycles. The van der Waals surface area contributed by atoms with E-state index in [1.807, 2.05) is 19.1 Å². The predicted octanol–water partition coefficient (Wildman–Crippen LogP) is 2.06. The predicted molar refractivity (Wildman–Crippen MR) is 94.1 cm³/mol. The summed E-state index contributed by atoms with van der Waals surface area (Å²) in [5.74, 6) is -0.976. The van der Waals surface area contributed by atoms with E-state index in [9.17, 15) is 14.4 Å². The van der Waals surface area contributed by atoms with Crippen molar-refractivity contribution in [2.75, 3.05) is 19.7 Å². The van der Waals surface area contributed by atoms with E-state index < -0.39 is 12.0 Å². The summed E-state index contributed by atoms with van der Waals surface area (Å²) < 4.78 is 5.20. The maximum atomic E-state index is 12.9. The molecule has 2 rings (SSSR count). The fraction of sp³-hybridized carbons (Fsp3) is 0.526. The number of hydrogen-bond donors (Lipinski definition) is 1. The number of aryl methyl sites for hydroxylation is 1. The lowest BCUT2D eigenvalue weighted by Crippen LogP contribution is -2.58. The summed E-state index contributed by atoms with van der Waals surface area (Å²) in [5, 5.41) is 2.72. The highest BCUT2D eigenvalue weighted by molar-refractivity contribution is 6.00. The largest absolute Gasteiger partial charge is 0.466 e. The van der Waals surface area contributed by atoms with Gasteiger partial charge >= 0.3 is 5.97 Å². The monoisotopic (exact) mass is 346 g/mol. The minimum Gasteiger partial charge on any atom is -0.466 e. The molecule has 1 fully saturated rings. The summed E-state index contributed by atoms with van der Waals surface area (Å²) in [6.45, 7) is 5.05. The third-order valence-corrected chi connectivity index (χ3v) is 4.34. The molecule has 0 saturated carbocycles. The zero-order valence-corrected chi connectivity index (χ0v) is 14.9. The molecule has 1 aliphatic rings. The molecule has 1 N–H and O–H groups in total. The van der Waals surface area contributed by atoms with Crippen molar-refractivity contribution >= 4 is 17.8 Å². The van der Waals surface area contributed by atoms with Crippen LogP contribution in [0.15, 0.2) is 24.3 Å². The van der Waals surface area contributed by atoms with E-state index >= 15 is 0 Å². The Kier molecular flexibility index (Phi) is 6.98. The Hall–Kier alpha value is -2.37. The average molecular weight is 346 g/mol. The maximum Gasteiger partial charge on any atom is 0.308 e. The molecule has 1 unspecified atom stereocenters. The third kappa shape index (κ3) is 5.05. The van der Waals surface area contributed by atoms with Crippen LogP contribution in [0.4, 0.5) is 0 Å². The van der Waals surface area contributed by atoms with Crippen molar-refractivity contribution in [1.82, 2.24) is 10.2 Å². The lowest BCUT2D eigenvalue weighted by atomic mass is 10.0. The van der Waals surface area contributed by atoms with E-state index in [0.29, 0.717) is 25.3 Å². The number of nitrogens with one attached hydrogen (secondary N) is 1. The third-order valence-electron chi connectivity index (χ3n) is 4.34. The highest BCUT2D eigenvalue weighted by Crippen LogP contribution is 2.17. The van der Waals surface area contributed by atoms with Gasteiger partial charge in [-0.2, -0.15) is 0 Å². The van der Waals surface area contributed by atoms with Crippen molar-refractivity contribution in [3.8, 4) is 0 Å². The minimum absolute atomic E-state index is 0.115. The first-order valence-electron chi connectivity index (χ1n) is 8.84. The van der Waals surface area contributed by atoms with E-state index in [-0.39, 0.29) is 18.2 Å². The molecule has 0 aliphatic carbocycles. The van der Waals surface area contributed by atoms with Crippen LogP contribution in [0.2, 0.25) is 0 Å². The number of hydrogen-bond acceptors (Lipinski definition) is 4. The van der Waals surface area contributed by atoms with E-state index in [1.165, 1.54) is 4.90 Å². The van der Waals surface area contributed by atoms with Crippen LogP contribution >= 0.6 is 0 Å². The van der Waals surface area contributed by atoms with Gasteiger partial charge < -0.3 is 15.0 Å². The molecule has 0 bridgehead atoms. The molecule has 6 heteroatoms. The quantitative estimate of drug-likeness (QED) is 0.606. The zero-order chi connectivity index (χ0) is 18.2. The normalized spacial score (nSPS) is 17.1. The van der Waals surface area contributed by atoms with Gasteiger partial charge in [-0.25, -0.2) is 0 Å². The van der Waals surface area contributed by atoms with Crippen molar-refractivity contribution in [3.05, 3.63) is 35.4 Å². The molecule has 6 nitrogen and oxygen atoms in total. The number of ether oxygens (including phenoxy) is 1. The molecule has 2 amide bonds. The van der Waals surface area contributed by atoms with Gasteiger partial charge in [-0.1, -0.05) is 38.0 Å². The molecule has 1 aromatic carbocycles. The second-order valence-corrected chi connectivity index (χ2v) is 6.25. The lowest BCUT2D eigenvalue weighted by Gasteiger charge is -2.34. The highest BCUT2D eigenvalue weighted by Gasteiger charge is 2.35. The molecule has 136 valence electrons. The molecule has 25 heavy (non-hydrogen) atoms. The van der Waals surface area contributed by atoms with Gasteiger partial charge in [0, 0.05) is 18.7 Å². The van der Waals surface area contributed by atoms with Crippen molar-refractivity contribution in [3.63, 3.8) is 0 Å². The van der Waals surface area contributed by atoms with Gasteiger partial charge in [0.25, 0.3) is 5.91 Å². The highest BCUT2D eigenvalue weighted by atomic mass is 16.5. The van der Waals surface area contributed by atoms with Crippen molar-refractivity contribution in [1.29, 1.82) is 0 Å². The maximum absolute atomic E-state index is 12.9. The van der Waals surface area contributed by atoms with Crippen LogP contribution in [0, 0.1) is 6.92 Å². The fourth-order valence-corrected chi connectivity index (χ4v) is 2.88. The topological polar surface area (TPSA) is 75.7 Å². The Bertz CT molecular complexity index is 630. The molecule has 1 aromatic rings. The Balaban J connectivity index is 2.05. The first kappa shape index (κ1) is 19.0. The van der Waals surface area contributed by atoms with Crippen LogP contribution in [0.1, 0.15) is 48.5 Å². The van der Waals surface area contributed by atoms with E-state index in [2.05, 4.69) is 12.2 Å². The summed E-state index contributed by atoms with van der Waals surface area (Å²) in [7, 11) is 0. The molecule has 0 aromatic heterocycles. The van der Waals surface area contributed by atoms with Gasteiger partial charge in [-0.05, 0) is 25.0 Å². The number of esters is 1. The molecule has 1 atom stereocenters. The van der Waals surface area contributed by atoms with Crippen molar-refractivity contribution in [2.24, 2.45) is 0 Å². The Labute approximate surface area is 148 Å². The van der Waals surface area contributed by atoms with Crippen LogP contribution in [-0.4, -0.2) is 48.4 Å². The average Bonchev–Trinajstić information content (AvgIpc) is 2.60. The summed E-state index contributed by atoms with van der Waals surface area (Å²) in [6, 6.07) is 6.43. The SMILES string of the molecule is CCCCCOC(=O)CC1C(=O)NCCN1C(=O)c1ccccc1C. The van der Waals surface area contributed by atoms with Crippen LogP contribution in [0.3, 0.4) is 0 Å². The Morgan fingerprint density at radius 3 is 2.76 bits per heavy atom. The number of benzene rings is 1. The van der Waals surface area contributed by atoms with E-state index in [0.717, 1.165) is 24.8 Å². The molecular weight excluding hydrogens is 320 g/mol. The number of carbonyl (C=O) groups excluding carboxylic acids is 3. The van der Waals surface area contributed by atoms with Crippen molar-refractivity contribution < 1.29 is 19.1 Å². The van der Waals surface area contributed by atoms with Crippen LogP contribution in [-0.2, 0) is 14.3 Å². The summed E-state index contributed by atoms with van der Waals surface area (Å²) in [6.07, 6.45) is 2.73. The number of unbranched alkanes of at least 4 members (excludes halogenated alkanes) is 2. The van der Waals surface area contributed by atoms with Crippen LogP contribution < -0.4 is 5.32 Å². The number of carbonyl (C=O) groups is 3. The van der Waals surface area contributed by atoms with Crippen LogP contribution in [0.25, 0.3) is 0 Å². The first-order chi connectivity index (χ1) is 12.0. The fourth-order valence-electron chi connectivity index (χ4n) is 2.88. The molecule has 1 heterocycles. The van der Waals surface area contributed by atoms with Gasteiger partial charge in [-0.15, -0.1) is 0 Å². The number of piperazine rings is 1. The van der Waals surface area contributed by atoms with Gasteiger partial charge in [0.15, 0.2) is 0 Å². The molecule has 1 saturated heterocycles. The molecule has 0 radical (unpaired) electrons. The van der Waals surface area contributed by atoms with Crippen molar-refractivity contribution in [2.45, 2.75) is 45.6 Å². The molecular formula is C19H26N2O4. The van der Waals surface area contributed by atoms with E-state index in [4.69, 9.17) is 4.74 Å². The van der Waals surface area contributed by atoms with Gasteiger partial charge in [-0.3, -0.25) is 14.4 Å². The summed E-state index contributed by atoms with van der Waals surface area (Å²) >= 11 is 0. The van der Waals surface area contributed by atoms with Gasteiger partial charge in [0.2, 0.25) is 5.91 Å². The van der Waals surface area contributed by atoms with Gasteiger partial charge in [0.1, 0.15) is 6.04 Å². The zero-order valence-electron chi connectivity index (χ0n) is 14.9. The molecule has 0 spiro atoms. The standard InChI is InChI=1S/C19H26N2O4/c1-3-4-7-12-25-17(22)13-16-18(23)20-10-11-21(16)19(24)15-9-6-5-8-14(15)2/h5-6,8-9,16H,3-4,7,10-13H2,1-2H3,(H,20,23). The summed E-state index contributed by atoms with van der Waals surface area (Å²) in [4.78, 5) is 38.6. The number of nitrogens with zero attached hydrogens (tertiary/aromatic N) is 1. The van der Waals surface area contributed by atoms with E-state index in [1.54, 1.807) is 12.1 Å². The summed E-state index contributed by atoms with van der Waals surface area (Å²) in [5.41, 5.74) is 1.40. The first-order valence-corrected chi connectivity index (χ1v) is 8.84. The van der Waals surface area contributed by atoms with Gasteiger partial charge in [0.05, 0.1) is 13.0 Å².